The molecule has 1 rings (SSSR count). The first-order valence-electron chi connectivity index (χ1n) is 7.18. The smallest absolute Gasteiger partial charge is 0.234 e. The van der Waals surface area contributed by atoms with Gasteiger partial charge in [0.05, 0.1) is 6.54 Å². The molecule has 0 heterocycles. The highest BCUT2D eigenvalue weighted by Gasteiger charge is 2.22. The van der Waals surface area contributed by atoms with Gasteiger partial charge in [0.15, 0.2) is 0 Å². The Kier molecular flexibility index (Phi) is 7.25. The molecule has 1 amide bonds. The number of nitrogens with one attached hydrogen (secondary N) is 2. The number of carbonyl (C=O) groups is 1. The van der Waals surface area contributed by atoms with E-state index >= 15 is 0 Å². The molecule has 0 atom stereocenters. The fraction of sp³-hybridized carbons (Fsp3) is 0.929. The summed E-state index contributed by atoms with van der Waals surface area (Å²) < 4.78 is 0. The molecular weight excluding hydrogens is 212 g/mol. The molecule has 0 aromatic rings. The Hall–Kier alpha value is -0.570. The molecule has 3 heteroatoms. The van der Waals surface area contributed by atoms with Crippen LogP contribution >= 0.6 is 0 Å². The Balaban J connectivity index is 1.76. The molecule has 1 fully saturated rings. The molecule has 1 saturated carbocycles. The van der Waals surface area contributed by atoms with Crippen LogP contribution in [-0.4, -0.2) is 25.0 Å². The van der Waals surface area contributed by atoms with Crippen molar-refractivity contribution in [3.05, 3.63) is 0 Å². The molecule has 100 valence electrons. The summed E-state index contributed by atoms with van der Waals surface area (Å²) in [7, 11) is 0. The standard InChI is InChI=1S/C14H28N2O/c1-12(2)7-5-3-4-6-10-15-11-14(17)16-13-8-9-13/h12-13,15H,3-11H2,1-2H3,(H,16,17). The van der Waals surface area contributed by atoms with E-state index in [1.165, 1.54) is 44.9 Å². The zero-order valence-corrected chi connectivity index (χ0v) is 11.4. The molecule has 1 aliphatic carbocycles. The lowest BCUT2D eigenvalue weighted by Gasteiger charge is -2.06. The van der Waals surface area contributed by atoms with Crippen LogP contribution in [0.5, 0.6) is 0 Å². The minimum atomic E-state index is 0.160. The van der Waals surface area contributed by atoms with E-state index in [1.54, 1.807) is 0 Å². The van der Waals surface area contributed by atoms with E-state index in [1.807, 2.05) is 0 Å². The van der Waals surface area contributed by atoms with Crippen LogP contribution in [0.25, 0.3) is 0 Å². The third kappa shape index (κ3) is 9.16. The van der Waals surface area contributed by atoms with Crippen LogP contribution in [-0.2, 0) is 4.79 Å². The predicted octanol–water partition coefficient (Wildman–Crippen LogP) is 2.46. The molecule has 17 heavy (non-hydrogen) atoms. The molecule has 2 N–H and O–H groups in total. The average molecular weight is 240 g/mol. The van der Waals surface area contributed by atoms with Crippen molar-refractivity contribution in [3.63, 3.8) is 0 Å². The lowest BCUT2D eigenvalue weighted by Crippen LogP contribution is -2.35. The summed E-state index contributed by atoms with van der Waals surface area (Å²) in [6.07, 6.45) is 8.83. The van der Waals surface area contributed by atoms with E-state index in [4.69, 9.17) is 0 Å². The fourth-order valence-electron chi connectivity index (χ4n) is 1.86. The summed E-state index contributed by atoms with van der Waals surface area (Å²) in [5, 5.41) is 6.18. The molecule has 0 spiro atoms. The maximum absolute atomic E-state index is 11.3. The first kappa shape index (κ1) is 14.5. The molecule has 0 bridgehead atoms. The Morgan fingerprint density at radius 3 is 2.53 bits per heavy atom. The Morgan fingerprint density at radius 1 is 1.18 bits per heavy atom. The number of carbonyl (C=O) groups excluding carboxylic acids is 1. The Labute approximate surface area is 106 Å². The highest BCUT2D eigenvalue weighted by Crippen LogP contribution is 2.18. The third-order valence-electron chi connectivity index (χ3n) is 3.11. The highest BCUT2D eigenvalue weighted by atomic mass is 16.2. The monoisotopic (exact) mass is 240 g/mol. The molecule has 0 aliphatic heterocycles. The molecule has 0 saturated heterocycles. The maximum atomic E-state index is 11.3. The normalized spacial score (nSPS) is 15.2. The van der Waals surface area contributed by atoms with Gasteiger partial charge in [-0.15, -0.1) is 0 Å². The van der Waals surface area contributed by atoms with E-state index in [-0.39, 0.29) is 5.91 Å². The van der Waals surface area contributed by atoms with Crippen LogP contribution in [0.2, 0.25) is 0 Å². The quantitative estimate of drug-likeness (QED) is 0.576. The van der Waals surface area contributed by atoms with E-state index in [0.29, 0.717) is 12.6 Å². The topological polar surface area (TPSA) is 41.1 Å². The van der Waals surface area contributed by atoms with Gasteiger partial charge in [0.1, 0.15) is 0 Å². The SMILES string of the molecule is CC(C)CCCCCCNCC(=O)NC1CC1. The van der Waals surface area contributed by atoms with Crippen LogP contribution in [0.4, 0.5) is 0 Å². The van der Waals surface area contributed by atoms with Crippen molar-refractivity contribution in [2.75, 3.05) is 13.1 Å². The summed E-state index contributed by atoms with van der Waals surface area (Å²) in [4.78, 5) is 11.3. The van der Waals surface area contributed by atoms with Gasteiger partial charge in [-0.3, -0.25) is 4.79 Å². The molecule has 0 unspecified atom stereocenters. The molecular formula is C14H28N2O. The van der Waals surface area contributed by atoms with Gasteiger partial charge >= 0.3 is 0 Å². The molecule has 0 aromatic carbocycles. The van der Waals surface area contributed by atoms with Crippen molar-refractivity contribution < 1.29 is 4.79 Å². The number of rotatable bonds is 10. The molecule has 1 aliphatic rings. The summed E-state index contributed by atoms with van der Waals surface area (Å²) in [6.45, 7) is 6.02. The van der Waals surface area contributed by atoms with E-state index in [9.17, 15) is 4.79 Å². The van der Waals surface area contributed by atoms with Gasteiger partial charge in [0.25, 0.3) is 0 Å². The minimum absolute atomic E-state index is 0.160. The van der Waals surface area contributed by atoms with E-state index in [0.717, 1.165) is 12.5 Å². The number of hydrogen-bond acceptors (Lipinski definition) is 2. The summed E-state index contributed by atoms with van der Waals surface area (Å²) >= 11 is 0. The first-order chi connectivity index (χ1) is 8.18. The summed E-state index contributed by atoms with van der Waals surface area (Å²) in [6, 6.07) is 0.486. The van der Waals surface area contributed by atoms with Crippen LogP contribution in [0.1, 0.15) is 58.8 Å². The van der Waals surface area contributed by atoms with Gasteiger partial charge in [-0.25, -0.2) is 0 Å². The summed E-state index contributed by atoms with van der Waals surface area (Å²) in [5.41, 5.74) is 0. The largest absolute Gasteiger partial charge is 0.352 e. The highest BCUT2D eigenvalue weighted by molar-refractivity contribution is 5.78. The number of amides is 1. The number of unbranched alkanes of at least 4 members (excludes halogenated alkanes) is 3. The fourth-order valence-corrected chi connectivity index (χ4v) is 1.86. The zero-order valence-electron chi connectivity index (χ0n) is 11.4. The third-order valence-corrected chi connectivity index (χ3v) is 3.11. The van der Waals surface area contributed by atoms with Gasteiger partial charge < -0.3 is 10.6 Å². The Morgan fingerprint density at radius 2 is 1.88 bits per heavy atom. The number of hydrogen-bond donors (Lipinski definition) is 2. The second-order valence-electron chi connectivity index (χ2n) is 5.62. The second-order valence-corrected chi connectivity index (χ2v) is 5.62. The van der Waals surface area contributed by atoms with Crippen molar-refractivity contribution in [1.29, 1.82) is 0 Å². The van der Waals surface area contributed by atoms with Crippen LogP contribution < -0.4 is 10.6 Å². The lowest BCUT2D eigenvalue weighted by atomic mass is 10.0. The minimum Gasteiger partial charge on any atom is -0.352 e. The molecule has 0 aromatic heterocycles. The van der Waals surface area contributed by atoms with Crippen LogP contribution in [0.3, 0.4) is 0 Å². The van der Waals surface area contributed by atoms with Crippen molar-refractivity contribution in [1.82, 2.24) is 10.6 Å². The molecule has 3 nitrogen and oxygen atoms in total. The first-order valence-corrected chi connectivity index (χ1v) is 7.18. The van der Waals surface area contributed by atoms with Gasteiger partial charge in [-0.2, -0.15) is 0 Å². The van der Waals surface area contributed by atoms with Gasteiger partial charge in [-0.1, -0.05) is 39.5 Å². The second kappa shape index (κ2) is 8.51. The predicted molar refractivity (Wildman–Crippen MR) is 72.0 cm³/mol. The van der Waals surface area contributed by atoms with Gasteiger partial charge in [0.2, 0.25) is 5.91 Å². The van der Waals surface area contributed by atoms with Gasteiger partial charge in [0, 0.05) is 6.04 Å². The van der Waals surface area contributed by atoms with Crippen LogP contribution in [0.15, 0.2) is 0 Å². The lowest BCUT2D eigenvalue weighted by molar-refractivity contribution is -0.120. The maximum Gasteiger partial charge on any atom is 0.234 e. The zero-order chi connectivity index (χ0) is 12.5. The Bertz CT molecular complexity index is 212. The average Bonchev–Trinajstić information content (AvgIpc) is 3.05. The molecule has 0 radical (unpaired) electrons. The van der Waals surface area contributed by atoms with Crippen molar-refractivity contribution in [2.24, 2.45) is 5.92 Å². The van der Waals surface area contributed by atoms with E-state index < -0.39 is 0 Å². The summed E-state index contributed by atoms with van der Waals surface area (Å²) in [5.74, 6) is 0.992. The van der Waals surface area contributed by atoms with Crippen LogP contribution in [0, 0.1) is 5.92 Å². The van der Waals surface area contributed by atoms with E-state index in [2.05, 4.69) is 24.5 Å². The van der Waals surface area contributed by atoms with Crippen molar-refractivity contribution >= 4 is 5.91 Å². The van der Waals surface area contributed by atoms with Crippen molar-refractivity contribution in [3.8, 4) is 0 Å². The van der Waals surface area contributed by atoms with Crippen molar-refractivity contribution in [2.45, 2.75) is 64.8 Å². The van der Waals surface area contributed by atoms with Gasteiger partial charge in [-0.05, 0) is 31.7 Å².